The lowest BCUT2D eigenvalue weighted by Crippen LogP contribution is -2.47. The van der Waals surface area contributed by atoms with E-state index in [-0.39, 0.29) is 23.9 Å². The van der Waals surface area contributed by atoms with E-state index in [1.54, 1.807) is 6.92 Å². The summed E-state index contributed by atoms with van der Waals surface area (Å²) in [5.74, 6) is -0.0240. The van der Waals surface area contributed by atoms with E-state index in [1.807, 2.05) is 102 Å². The van der Waals surface area contributed by atoms with Crippen LogP contribution in [-0.4, -0.2) is 17.9 Å². The number of nitrogens with zero attached hydrogens (tertiary/aromatic N) is 2. The number of carbonyl (C=O) groups excluding carboxylic acids is 2. The van der Waals surface area contributed by atoms with Crippen molar-refractivity contribution in [2.24, 2.45) is 0 Å². The molecule has 0 fully saturated rings. The summed E-state index contributed by atoms with van der Waals surface area (Å²) in [5, 5.41) is 0. The summed E-state index contributed by atoms with van der Waals surface area (Å²) in [4.78, 5) is 29.7. The number of para-hydroxylation sites is 2. The van der Waals surface area contributed by atoms with E-state index in [0.29, 0.717) is 12.0 Å². The van der Waals surface area contributed by atoms with Crippen LogP contribution in [0.1, 0.15) is 42.2 Å². The molecule has 1 aliphatic heterocycles. The van der Waals surface area contributed by atoms with Gasteiger partial charge in [-0.1, -0.05) is 54.6 Å². The molecule has 0 N–H and O–H groups in total. The number of carbonyl (C=O) groups is 2. The number of anilines is 2. The van der Waals surface area contributed by atoms with Crippen LogP contribution >= 0.6 is 0 Å². The summed E-state index contributed by atoms with van der Waals surface area (Å²) in [6, 6.07) is 26.8. The van der Waals surface area contributed by atoms with Gasteiger partial charge in [-0.3, -0.25) is 9.59 Å². The van der Waals surface area contributed by atoms with Crippen LogP contribution in [-0.2, 0) is 4.79 Å². The van der Waals surface area contributed by atoms with E-state index in [0.717, 1.165) is 16.9 Å². The molecular weight excluding hydrogens is 360 g/mol. The Balaban J connectivity index is 1.79. The first kappa shape index (κ1) is 18.9. The Kier molecular flexibility index (Phi) is 5.17. The van der Waals surface area contributed by atoms with Crippen LogP contribution in [0.2, 0.25) is 0 Å². The van der Waals surface area contributed by atoms with Gasteiger partial charge in [-0.2, -0.15) is 0 Å². The molecule has 4 nitrogen and oxygen atoms in total. The van der Waals surface area contributed by atoms with E-state index in [2.05, 4.69) is 0 Å². The molecule has 0 bridgehead atoms. The molecule has 0 saturated heterocycles. The highest BCUT2D eigenvalue weighted by molar-refractivity contribution is 6.07. The summed E-state index contributed by atoms with van der Waals surface area (Å²) < 4.78 is 0. The third-order valence-corrected chi connectivity index (χ3v) is 5.49. The number of rotatable bonds is 3. The van der Waals surface area contributed by atoms with Crippen molar-refractivity contribution in [1.82, 2.24) is 0 Å². The second-order valence-electron chi connectivity index (χ2n) is 7.43. The maximum Gasteiger partial charge on any atom is 0.258 e. The zero-order valence-electron chi connectivity index (χ0n) is 16.7. The minimum absolute atomic E-state index is 0.00830. The Morgan fingerprint density at radius 1 is 0.862 bits per heavy atom. The van der Waals surface area contributed by atoms with Gasteiger partial charge in [0.1, 0.15) is 0 Å². The van der Waals surface area contributed by atoms with Crippen molar-refractivity contribution in [2.45, 2.75) is 32.4 Å². The minimum atomic E-state index is -0.124. The molecule has 2 atom stereocenters. The average molecular weight is 384 g/mol. The maximum absolute atomic E-state index is 13.3. The van der Waals surface area contributed by atoms with Crippen molar-refractivity contribution < 1.29 is 9.59 Å². The number of benzene rings is 3. The largest absolute Gasteiger partial charge is 0.305 e. The minimum Gasteiger partial charge on any atom is -0.305 e. The van der Waals surface area contributed by atoms with Gasteiger partial charge in [-0.05, 0) is 49.2 Å². The number of hydrogen-bond acceptors (Lipinski definition) is 2. The summed E-state index contributed by atoms with van der Waals surface area (Å²) in [5.41, 5.74) is 3.40. The summed E-state index contributed by atoms with van der Waals surface area (Å²) in [6.07, 6.45) is 0.671. The van der Waals surface area contributed by atoms with Crippen molar-refractivity contribution in [2.75, 3.05) is 9.80 Å². The molecule has 1 heterocycles. The summed E-state index contributed by atoms with van der Waals surface area (Å²) in [7, 11) is 0. The van der Waals surface area contributed by atoms with Gasteiger partial charge in [0.05, 0.1) is 6.04 Å². The molecule has 0 saturated carbocycles. The Morgan fingerprint density at radius 3 is 2.10 bits per heavy atom. The molecule has 0 aromatic heterocycles. The summed E-state index contributed by atoms with van der Waals surface area (Å²) >= 11 is 0. The fourth-order valence-corrected chi connectivity index (χ4v) is 4.23. The standard InChI is InChI=1S/C25H24N2O2/c1-18-17-24(27(19(2)28)21-13-7-4-8-14-21)22-15-9-10-16-23(22)26(18)25(29)20-11-5-3-6-12-20/h3-16,18,24H,17H2,1-2H3/t18-,24-/m0/s1. The molecule has 0 radical (unpaired) electrons. The first-order chi connectivity index (χ1) is 14.1. The first-order valence-corrected chi connectivity index (χ1v) is 9.90. The molecule has 4 rings (SSSR count). The highest BCUT2D eigenvalue weighted by atomic mass is 16.2. The van der Waals surface area contributed by atoms with E-state index in [4.69, 9.17) is 0 Å². The van der Waals surface area contributed by atoms with Gasteiger partial charge in [-0.15, -0.1) is 0 Å². The number of hydrogen-bond donors (Lipinski definition) is 0. The lowest BCUT2D eigenvalue weighted by molar-refractivity contribution is -0.117. The predicted octanol–water partition coefficient (Wildman–Crippen LogP) is 5.22. The topological polar surface area (TPSA) is 40.6 Å². The third-order valence-electron chi connectivity index (χ3n) is 5.49. The normalized spacial score (nSPS) is 18.1. The highest BCUT2D eigenvalue weighted by Gasteiger charge is 2.37. The van der Waals surface area contributed by atoms with Gasteiger partial charge >= 0.3 is 0 Å². The monoisotopic (exact) mass is 384 g/mol. The van der Waals surface area contributed by atoms with Crippen LogP contribution in [0, 0.1) is 0 Å². The molecule has 29 heavy (non-hydrogen) atoms. The zero-order valence-corrected chi connectivity index (χ0v) is 16.7. The maximum atomic E-state index is 13.3. The second kappa shape index (κ2) is 7.92. The molecule has 146 valence electrons. The molecule has 3 aromatic carbocycles. The fourth-order valence-electron chi connectivity index (χ4n) is 4.23. The summed E-state index contributed by atoms with van der Waals surface area (Å²) in [6.45, 7) is 3.65. The van der Waals surface area contributed by atoms with Crippen molar-refractivity contribution in [3.05, 3.63) is 96.1 Å². The number of fused-ring (bicyclic) bond motifs is 1. The second-order valence-corrected chi connectivity index (χ2v) is 7.43. The van der Waals surface area contributed by atoms with Crippen LogP contribution in [0.4, 0.5) is 11.4 Å². The zero-order chi connectivity index (χ0) is 20.4. The molecule has 2 amide bonds. The van der Waals surface area contributed by atoms with E-state index in [1.165, 1.54) is 0 Å². The molecule has 0 aliphatic carbocycles. The van der Waals surface area contributed by atoms with Gasteiger partial charge < -0.3 is 9.80 Å². The van der Waals surface area contributed by atoms with E-state index in [9.17, 15) is 9.59 Å². The van der Waals surface area contributed by atoms with Crippen molar-refractivity contribution in [1.29, 1.82) is 0 Å². The van der Waals surface area contributed by atoms with E-state index >= 15 is 0 Å². The Bertz CT molecular complexity index is 1020. The van der Waals surface area contributed by atoms with Gasteiger partial charge in [0.25, 0.3) is 5.91 Å². The van der Waals surface area contributed by atoms with Crippen molar-refractivity contribution in [3.8, 4) is 0 Å². The van der Waals surface area contributed by atoms with Crippen LogP contribution in [0.25, 0.3) is 0 Å². The fraction of sp³-hybridized carbons (Fsp3) is 0.200. The van der Waals surface area contributed by atoms with Gasteiger partial charge in [0.2, 0.25) is 5.91 Å². The molecule has 0 spiro atoms. The van der Waals surface area contributed by atoms with Crippen LogP contribution < -0.4 is 9.80 Å². The van der Waals surface area contributed by atoms with E-state index < -0.39 is 0 Å². The smallest absolute Gasteiger partial charge is 0.258 e. The SMILES string of the molecule is CC(=O)N(c1ccccc1)[C@H]1C[C@H](C)N(C(=O)c2ccccc2)c2ccccc21. The Labute approximate surface area is 171 Å². The lowest BCUT2D eigenvalue weighted by Gasteiger charge is -2.43. The molecular formula is C25H24N2O2. The molecule has 1 aliphatic rings. The third kappa shape index (κ3) is 3.54. The average Bonchev–Trinajstić information content (AvgIpc) is 2.75. The van der Waals surface area contributed by atoms with Crippen molar-refractivity contribution in [3.63, 3.8) is 0 Å². The molecule has 0 unspecified atom stereocenters. The predicted molar refractivity (Wildman–Crippen MR) is 116 cm³/mol. The lowest BCUT2D eigenvalue weighted by atomic mass is 9.89. The van der Waals surface area contributed by atoms with Gasteiger partial charge in [-0.25, -0.2) is 0 Å². The first-order valence-electron chi connectivity index (χ1n) is 9.90. The highest BCUT2D eigenvalue weighted by Crippen LogP contribution is 2.42. The van der Waals surface area contributed by atoms with Crippen LogP contribution in [0.3, 0.4) is 0 Å². The van der Waals surface area contributed by atoms with Crippen molar-refractivity contribution >= 4 is 23.2 Å². The Morgan fingerprint density at radius 2 is 1.45 bits per heavy atom. The van der Waals surface area contributed by atoms with Gasteiger partial charge in [0.15, 0.2) is 0 Å². The molecule has 3 aromatic rings. The quantitative estimate of drug-likeness (QED) is 0.621. The number of amides is 2. The van der Waals surface area contributed by atoms with Crippen LogP contribution in [0.15, 0.2) is 84.9 Å². The van der Waals surface area contributed by atoms with Crippen LogP contribution in [0.5, 0.6) is 0 Å². The Hall–Kier alpha value is -3.40. The molecule has 4 heteroatoms. The van der Waals surface area contributed by atoms with Gasteiger partial charge in [0, 0.05) is 29.9 Å².